The Morgan fingerprint density at radius 2 is 1.74 bits per heavy atom. The summed E-state index contributed by atoms with van der Waals surface area (Å²) in [7, 11) is 3.09. The first-order valence-corrected chi connectivity index (χ1v) is 7.35. The summed E-state index contributed by atoms with van der Waals surface area (Å²) in [6.45, 7) is 4.41. The molecule has 2 aromatic rings. The number of benzene rings is 2. The molecule has 122 valence electrons. The molecule has 0 spiro atoms. The Hall–Kier alpha value is -2.69. The van der Waals surface area contributed by atoms with Gasteiger partial charge in [0.25, 0.3) is 5.91 Å². The third-order valence-corrected chi connectivity index (χ3v) is 3.33. The SMILES string of the molecule is CCOc1cc(C)ccc1NC(=O)c1ccc(OC)c(OC)c1. The third kappa shape index (κ3) is 3.94. The lowest BCUT2D eigenvalue weighted by Gasteiger charge is -2.13. The highest BCUT2D eigenvalue weighted by Gasteiger charge is 2.13. The topological polar surface area (TPSA) is 56.8 Å². The van der Waals surface area contributed by atoms with E-state index in [9.17, 15) is 4.79 Å². The van der Waals surface area contributed by atoms with Gasteiger partial charge in [0.1, 0.15) is 5.75 Å². The quantitative estimate of drug-likeness (QED) is 0.884. The summed E-state index contributed by atoms with van der Waals surface area (Å²) in [4.78, 5) is 12.5. The fourth-order valence-electron chi connectivity index (χ4n) is 2.18. The van der Waals surface area contributed by atoms with Crippen molar-refractivity contribution >= 4 is 11.6 Å². The zero-order valence-corrected chi connectivity index (χ0v) is 13.8. The van der Waals surface area contributed by atoms with E-state index in [-0.39, 0.29) is 5.91 Å². The lowest BCUT2D eigenvalue weighted by Crippen LogP contribution is -2.13. The number of amides is 1. The van der Waals surface area contributed by atoms with Gasteiger partial charge >= 0.3 is 0 Å². The van der Waals surface area contributed by atoms with Crippen LogP contribution in [0, 0.1) is 6.92 Å². The number of aryl methyl sites for hydroxylation is 1. The first-order chi connectivity index (χ1) is 11.1. The van der Waals surface area contributed by atoms with Crippen LogP contribution in [0.3, 0.4) is 0 Å². The number of nitrogens with one attached hydrogen (secondary N) is 1. The van der Waals surface area contributed by atoms with Gasteiger partial charge in [-0.25, -0.2) is 0 Å². The number of methoxy groups -OCH3 is 2. The van der Waals surface area contributed by atoms with E-state index in [4.69, 9.17) is 14.2 Å². The van der Waals surface area contributed by atoms with Crippen molar-refractivity contribution in [2.45, 2.75) is 13.8 Å². The van der Waals surface area contributed by atoms with Crippen LogP contribution in [0.2, 0.25) is 0 Å². The molecule has 0 aliphatic heterocycles. The molecule has 0 saturated carbocycles. The van der Waals surface area contributed by atoms with E-state index >= 15 is 0 Å². The molecule has 0 radical (unpaired) electrons. The number of hydrogen-bond donors (Lipinski definition) is 1. The zero-order valence-electron chi connectivity index (χ0n) is 13.8. The van der Waals surface area contributed by atoms with Gasteiger partial charge in [0.05, 0.1) is 26.5 Å². The van der Waals surface area contributed by atoms with Gasteiger partial charge in [-0.3, -0.25) is 4.79 Å². The zero-order chi connectivity index (χ0) is 16.8. The van der Waals surface area contributed by atoms with Gasteiger partial charge < -0.3 is 19.5 Å². The van der Waals surface area contributed by atoms with Crippen molar-refractivity contribution in [1.82, 2.24) is 0 Å². The second-order valence-electron chi connectivity index (χ2n) is 4.96. The molecule has 23 heavy (non-hydrogen) atoms. The molecule has 0 unspecified atom stereocenters. The summed E-state index contributed by atoms with van der Waals surface area (Å²) in [5.41, 5.74) is 2.18. The van der Waals surface area contributed by atoms with Gasteiger partial charge in [0.15, 0.2) is 11.5 Å². The molecule has 2 aromatic carbocycles. The highest BCUT2D eigenvalue weighted by Crippen LogP contribution is 2.29. The van der Waals surface area contributed by atoms with Crippen LogP contribution in [0.25, 0.3) is 0 Å². The largest absolute Gasteiger partial charge is 0.493 e. The van der Waals surface area contributed by atoms with E-state index in [0.29, 0.717) is 35.1 Å². The monoisotopic (exact) mass is 315 g/mol. The van der Waals surface area contributed by atoms with Gasteiger partial charge in [-0.15, -0.1) is 0 Å². The Morgan fingerprint density at radius 1 is 1.00 bits per heavy atom. The number of ether oxygens (including phenoxy) is 3. The number of hydrogen-bond acceptors (Lipinski definition) is 4. The number of rotatable bonds is 6. The average molecular weight is 315 g/mol. The Bertz CT molecular complexity index is 697. The molecule has 0 aliphatic carbocycles. The van der Waals surface area contributed by atoms with Crippen molar-refractivity contribution in [2.75, 3.05) is 26.1 Å². The van der Waals surface area contributed by atoms with E-state index in [1.165, 1.54) is 7.11 Å². The van der Waals surface area contributed by atoms with Crippen molar-refractivity contribution in [3.63, 3.8) is 0 Å². The lowest BCUT2D eigenvalue weighted by atomic mass is 10.1. The minimum atomic E-state index is -0.240. The molecule has 0 aromatic heterocycles. The second kappa shape index (κ2) is 7.54. The van der Waals surface area contributed by atoms with Crippen LogP contribution >= 0.6 is 0 Å². The van der Waals surface area contributed by atoms with E-state index in [0.717, 1.165) is 5.56 Å². The molecule has 0 aliphatic rings. The van der Waals surface area contributed by atoms with Crippen LogP contribution in [0.1, 0.15) is 22.8 Å². The molecule has 0 saturated heterocycles. The lowest BCUT2D eigenvalue weighted by molar-refractivity contribution is 0.102. The van der Waals surface area contributed by atoms with Crippen LogP contribution in [0.15, 0.2) is 36.4 Å². The number of carbonyl (C=O) groups is 1. The first-order valence-electron chi connectivity index (χ1n) is 7.35. The van der Waals surface area contributed by atoms with Gasteiger partial charge in [-0.1, -0.05) is 6.07 Å². The minimum Gasteiger partial charge on any atom is -0.493 e. The van der Waals surface area contributed by atoms with Crippen molar-refractivity contribution in [3.05, 3.63) is 47.5 Å². The number of carbonyl (C=O) groups excluding carboxylic acids is 1. The normalized spacial score (nSPS) is 10.1. The number of anilines is 1. The Balaban J connectivity index is 2.25. The van der Waals surface area contributed by atoms with Crippen LogP contribution in [-0.2, 0) is 0 Å². The molecule has 5 heteroatoms. The van der Waals surface area contributed by atoms with Gasteiger partial charge in [-0.2, -0.15) is 0 Å². The van der Waals surface area contributed by atoms with Crippen LogP contribution in [-0.4, -0.2) is 26.7 Å². The fraction of sp³-hybridized carbons (Fsp3) is 0.278. The minimum absolute atomic E-state index is 0.240. The molecule has 5 nitrogen and oxygen atoms in total. The molecule has 2 rings (SSSR count). The van der Waals surface area contributed by atoms with Crippen molar-refractivity contribution < 1.29 is 19.0 Å². The molecular weight excluding hydrogens is 294 g/mol. The summed E-state index contributed by atoms with van der Waals surface area (Å²) in [6.07, 6.45) is 0. The summed E-state index contributed by atoms with van der Waals surface area (Å²) in [5, 5.41) is 2.87. The first kappa shape index (κ1) is 16.7. The Morgan fingerprint density at radius 3 is 2.39 bits per heavy atom. The smallest absolute Gasteiger partial charge is 0.255 e. The van der Waals surface area contributed by atoms with E-state index in [1.54, 1.807) is 25.3 Å². The molecule has 1 N–H and O–H groups in total. The molecule has 0 atom stereocenters. The van der Waals surface area contributed by atoms with Crippen LogP contribution < -0.4 is 19.5 Å². The van der Waals surface area contributed by atoms with Gasteiger partial charge in [0, 0.05) is 5.56 Å². The standard InChI is InChI=1S/C18H21NO4/c1-5-23-16-10-12(2)6-8-14(16)19-18(20)13-7-9-15(21-3)17(11-13)22-4/h6-11H,5H2,1-4H3,(H,19,20). The summed E-state index contributed by atoms with van der Waals surface area (Å²) >= 11 is 0. The second-order valence-corrected chi connectivity index (χ2v) is 4.96. The predicted molar refractivity (Wildman–Crippen MR) is 89.8 cm³/mol. The summed E-state index contributed by atoms with van der Waals surface area (Å²) < 4.78 is 16.0. The molecule has 0 bridgehead atoms. The van der Waals surface area contributed by atoms with Crippen molar-refractivity contribution in [1.29, 1.82) is 0 Å². The predicted octanol–water partition coefficient (Wildman–Crippen LogP) is 3.66. The van der Waals surface area contributed by atoms with E-state index < -0.39 is 0 Å². The molecular formula is C18H21NO4. The highest BCUT2D eigenvalue weighted by molar-refractivity contribution is 6.05. The van der Waals surface area contributed by atoms with Gasteiger partial charge in [0.2, 0.25) is 0 Å². The molecule has 0 fully saturated rings. The Kier molecular flexibility index (Phi) is 5.46. The highest BCUT2D eigenvalue weighted by atomic mass is 16.5. The van der Waals surface area contributed by atoms with Crippen molar-refractivity contribution in [3.8, 4) is 17.2 Å². The average Bonchev–Trinajstić information content (AvgIpc) is 2.56. The molecule has 0 heterocycles. The maximum Gasteiger partial charge on any atom is 0.255 e. The van der Waals surface area contributed by atoms with Crippen LogP contribution in [0.4, 0.5) is 5.69 Å². The maximum absolute atomic E-state index is 12.5. The molecule has 1 amide bonds. The summed E-state index contributed by atoms with van der Waals surface area (Å²) in [6, 6.07) is 10.7. The third-order valence-electron chi connectivity index (χ3n) is 3.33. The fourth-order valence-corrected chi connectivity index (χ4v) is 2.18. The summed E-state index contributed by atoms with van der Waals surface area (Å²) in [5.74, 6) is 1.50. The van der Waals surface area contributed by atoms with Crippen molar-refractivity contribution in [2.24, 2.45) is 0 Å². The van der Waals surface area contributed by atoms with E-state index in [1.807, 2.05) is 32.0 Å². The maximum atomic E-state index is 12.5. The van der Waals surface area contributed by atoms with Gasteiger partial charge in [-0.05, 0) is 49.7 Å². The van der Waals surface area contributed by atoms with E-state index in [2.05, 4.69) is 5.32 Å². The Labute approximate surface area is 136 Å². The van der Waals surface area contributed by atoms with Crippen LogP contribution in [0.5, 0.6) is 17.2 Å².